The second-order valence-corrected chi connectivity index (χ2v) is 6.58. The van der Waals surface area contributed by atoms with E-state index in [2.05, 4.69) is 38.3 Å². The molecule has 0 saturated carbocycles. The molecular weight excluding hydrogens is 340 g/mol. The van der Waals surface area contributed by atoms with Crippen molar-refractivity contribution in [2.24, 2.45) is 0 Å². The number of carbonyl (C=O) groups excluding carboxylic acids is 1. The van der Waals surface area contributed by atoms with Crippen LogP contribution in [0.15, 0.2) is 71.5 Å². The van der Waals surface area contributed by atoms with Gasteiger partial charge in [-0.25, -0.2) is 4.98 Å². The minimum absolute atomic E-state index is 0.238. The predicted octanol–water partition coefficient (Wildman–Crippen LogP) is 3.25. The number of aromatic nitrogens is 1. The Kier molecular flexibility index (Phi) is 5.16. The summed E-state index contributed by atoms with van der Waals surface area (Å²) in [4.78, 5) is 21.2. The van der Waals surface area contributed by atoms with E-state index in [4.69, 9.17) is 4.42 Å². The number of rotatable bonds is 5. The van der Waals surface area contributed by atoms with E-state index >= 15 is 0 Å². The van der Waals surface area contributed by atoms with E-state index in [1.165, 1.54) is 11.8 Å². The van der Waals surface area contributed by atoms with Gasteiger partial charge in [0.2, 0.25) is 0 Å². The summed E-state index contributed by atoms with van der Waals surface area (Å²) in [5, 5.41) is 2.84. The minimum atomic E-state index is -0.238. The third-order valence-electron chi connectivity index (χ3n) is 4.71. The van der Waals surface area contributed by atoms with Crippen molar-refractivity contribution in [1.82, 2.24) is 9.88 Å². The zero-order valence-electron chi connectivity index (χ0n) is 15.0. The summed E-state index contributed by atoms with van der Waals surface area (Å²) in [6.07, 6.45) is 3.33. The Hall–Kier alpha value is -3.12. The van der Waals surface area contributed by atoms with Crippen LogP contribution in [0.5, 0.6) is 0 Å². The molecule has 6 heteroatoms. The van der Waals surface area contributed by atoms with E-state index in [1.54, 1.807) is 12.1 Å². The number of nitrogens with zero attached hydrogens (tertiary/aromatic N) is 3. The van der Waals surface area contributed by atoms with Gasteiger partial charge in [-0.05, 0) is 42.0 Å². The lowest BCUT2D eigenvalue weighted by Crippen LogP contribution is -2.46. The quantitative estimate of drug-likeness (QED) is 0.755. The lowest BCUT2D eigenvalue weighted by atomic mass is 10.1. The van der Waals surface area contributed by atoms with Crippen LogP contribution >= 0.6 is 0 Å². The average molecular weight is 362 g/mol. The first-order valence-corrected chi connectivity index (χ1v) is 9.10. The lowest BCUT2D eigenvalue weighted by molar-refractivity contribution is 0.0996. The SMILES string of the molecule is O=C(Nc1ccc(CN2CCN(c3ccccn3)CC2)cc1)c1ccco1. The summed E-state index contributed by atoms with van der Waals surface area (Å²) in [5.41, 5.74) is 2.00. The van der Waals surface area contributed by atoms with Crippen molar-refractivity contribution in [3.8, 4) is 0 Å². The molecule has 138 valence electrons. The molecule has 0 radical (unpaired) electrons. The number of piperazine rings is 1. The highest BCUT2D eigenvalue weighted by atomic mass is 16.3. The molecular formula is C21H22N4O2. The van der Waals surface area contributed by atoms with Gasteiger partial charge in [-0.3, -0.25) is 9.69 Å². The van der Waals surface area contributed by atoms with Crippen LogP contribution in [0.1, 0.15) is 16.1 Å². The maximum atomic E-state index is 12.0. The molecule has 0 aliphatic carbocycles. The molecule has 0 spiro atoms. The highest BCUT2D eigenvalue weighted by Gasteiger charge is 2.18. The molecule has 1 aliphatic rings. The Morgan fingerprint density at radius 1 is 1.00 bits per heavy atom. The van der Waals surface area contributed by atoms with Gasteiger partial charge in [-0.2, -0.15) is 0 Å². The largest absolute Gasteiger partial charge is 0.459 e. The van der Waals surface area contributed by atoms with Gasteiger partial charge >= 0.3 is 0 Å². The van der Waals surface area contributed by atoms with Gasteiger partial charge in [0.25, 0.3) is 5.91 Å². The molecule has 4 rings (SSSR count). The van der Waals surface area contributed by atoms with Gasteiger partial charge in [-0.15, -0.1) is 0 Å². The molecule has 3 heterocycles. The van der Waals surface area contributed by atoms with Gasteiger partial charge in [0.05, 0.1) is 6.26 Å². The number of benzene rings is 1. The summed E-state index contributed by atoms with van der Waals surface area (Å²) >= 11 is 0. The van der Waals surface area contributed by atoms with Gasteiger partial charge in [0.1, 0.15) is 5.82 Å². The van der Waals surface area contributed by atoms with E-state index in [-0.39, 0.29) is 5.91 Å². The number of nitrogens with one attached hydrogen (secondary N) is 1. The molecule has 1 aliphatic heterocycles. The van der Waals surface area contributed by atoms with E-state index < -0.39 is 0 Å². The predicted molar refractivity (Wildman–Crippen MR) is 105 cm³/mol. The van der Waals surface area contributed by atoms with Crippen LogP contribution < -0.4 is 10.2 Å². The zero-order valence-corrected chi connectivity index (χ0v) is 15.0. The molecule has 0 unspecified atom stereocenters. The summed E-state index contributed by atoms with van der Waals surface area (Å²) < 4.78 is 5.11. The first kappa shape index (κ1) is 17.3. The number of amides is 1. The van der Waals surface area contributed by atoms with E-state index in [0.29, 0.717) is 5.76 Å². The van der Waals surface area contributed by atoms with Crippen LogP contribution in [0.2, 0.25) is 0 Å². The topological polar surface area (TPSA) is 61.6 Å². The second kappa shape index (κ2) is 8.05. The Balaban J connectivity index is 1.28. The van der Waals surface area contributed by atoms with Crippen LogP contribution in [-0.4, -0.2) is 42.0 Å². The molecule has 0 atom stereocenters. The molecule has 1 fully saturated rings. The van der Waals surface area contributed by atoms with E-state index in [1.807, 2.05) is 30.5 Å². The van der Waals surface area contributed by atoms with Crippen molar-refractivity contribution < 1.29 is 9.21 Å². The number of hydrogen-bond donors (Lipinski definition) is 1. The van der Waals surface area contributed by atoms with Crippen molar-refractivity contribution >= 4 is 17.4 Å². The fourth-order valence-electron chi connectivity index (χ4n) is 3.23. The van der Waals surface area contributed by atoms with Gasteiger partial charge < -0.3 is 14.6 Å². The van der Waals surface area contributed by atoms with Crippen LogP contribution in [0.4, 0.5) is 11.5 Å². The third-order valence-corrected chi connectivity index (χ3v) is 4.71. The smallest absolute Gasteiger partial charge is 0.291 e. The van der Waals surface area contributed by atoms with Gasteiger partial charge in [0.15, 0.2) is 5.76 Å². The van der Waals surface area contributed by atoms with Crippen molar-refractivity contribution in [2.75, 3.05) is 36.4 Å². The van der Waals surface area contributed by atoms with Gasteiger partial charge in [-0.1, -0.05) is 18.2 Å². The standard InChI is InChI=1S/C21H22N4O2/c26-21(19-4-3-15-27-19)23-18-8-6-17(7-9-18)16-24-11-13-25(14-12-24)20-5-1-2-10-22-20/h1-10,15H,11-14,16H2,(H,23,26). The molecule has 1 saturated heterocycles. The summed E-state index contributed by atoms with van der Waals surface area (Å²) in [6, 6.07) is 17.4. The van der Waals surface area contributed by atoms with Crippen molar-refractivity contribution in [1.29, 1.82) is 0 Å². The molecule has 27 heavy (non-hydrogen) atoms. The fraction of sp³-hybridized carbons (Fsp3) is 0.238. The molecule has 6 nitrogen and oxygen atoms in total. The number of hydrogen-bond acceptors (Lipinski definition) is 5. The number of anilines is 2. The molecule has 0 bridgehead atoms. The number of furan rings is 1. The average Bonchev–Trinajstić information content (AvgIpc) is 3.26. The summed E-state index contributed by atoms with van der Waals surface area (Å²) in [6.45, 7) is 4.88. The number of pyridine rings is 1. The fourth-order valence-corrected chi connectivity index (χ4v) is 3.23. The Morgan fingerprint density at radius 3 is 2.48 bits per heavy atom. The van der Waals surface area contributed by atoms with E-state index in [0.717, 1.165) is 44.2 Å². The zero-order chi connectivity index (χ0) is 18.5. The van der Waals surface area contributed by atoms with Gasteiger partial charge in [0, 0.05) is 44.6 Å². The van der Waals surface area contributed by atoms with Crippen molar-refractivity contribution in [3.63, 3.8) is 0 Å². The first-order chi connectivity index (χ1) is 13.3. The Morgan fingerprint density at radius 2 is 1.81 bits per heavy atom. The van der Waals surface area contributed by atoms with E-state index in [9.17, 15) is 4.79 Å². The van der Waals surface area contributed by atoms with Crippen LogP contribution in [0, 0.1) is 0 Å². The molecule has 1 aromatic carbocycles. The molecule has 2 aromatic heterocycles. The second-order valence-electron chi connectivity index (χ2n) is 6.58. The molecule has 1 N–H and O–H groups in total. The Labute approximate surface area is 158 Å². The van der Waals surface area contributed by atoms with Crippen molar-refractivity contribution in [2.45, 2.75) is 6.54 Å². The maximum absolute atomic E-state index is 12.0. The minimum Gasteiger partial charge on any atom is -0.459 e. The highest BCUT2D eigenvalue weighted by Crippen LogP contribution is 2.16. The Bertz CT molecular complexity index is 855. The third kappa shape index (κ3) is 4.35. The lowest BCUT2D eigenvalue weighted by Gasteiger charge is -2.35. The summed E-state index contributed by atoms with van der Waals surface area (Å²) in [5.74, 6) is 1.12. The molecule has 3 aromatic rings. The summed E-state index contributed by atoms with van der Waals surface area (Å²) in [7, 11) is 0. The molecule has 1 amide bonds. The van der Waals surface area contributed by atoms with Crippen LogP contribution in [0.3, 0.4) is 0 Å². The van der Waals surface area contributed by atoms with Crippen molar-refractivity contribution in [3.05, 3.63) is 78.4 Å². The number of carbonyl (C=O) groups is 1. The maximum Gasteiger partial charge on any atom is 0.291 e. The van der Waals surface area contributed by atoms with Crippen LogP contribution in [-0.2, 0) is 6.54 Å². The monoisotopic (exact) mass is 362 g/mol. The first-order valence-electron chi connectivity index (χ1n) is 9.10. The normalized spacial score (nSPS) is 14.9. The van der Waals surface area contributed by atoms with Crippen LogP contribution in [0.25, 0.3) is 0 Å². The highest BCUT2D eigenvalue weighted by molar-refractivity contribution is 6.02.